The molecule has 0 saturated carbocycles. The third-order valence-corrected chi connectivity index (χ3v) is 3.98. The molecule has 0 fully saturated rings. The molecule has 3 rings (SSSR count). The van der Waals surface area contributed by atoms with Crippen molar-refractivity contribution < 1.29 is 9.59 Å². The Morgan fingerprint density at radius 1 is 1.04 bits per heavy atom. The van der Waals surface area contributed by atoms with Gasteiger partial charge in [-0.25, -0.2) is 0 Å². The molecule has 3 aromatic rings. The van der Waals surface area contributed by atoms with Crippen LogP contribution in [0.15, 0.2) is 66.9 Å². The average molecular weight is 333 g/mol. The highest BCUT2D eigenvalue weighted by molar-refractivity contribution is 6.02. The van der Waals surface area contributed by atoms with E-state index in [1.54, 1.807) is 24.4 Å². The zero-order chi connectivity index (χ0) is 17.6. The number of nitrogens with one attached hydrogen (secondary N) is 1. The molecule has 25 heavy (non-hydrogen) atoms. The summed E-state index contributed by atoms with van der Waals surface area (Å²) < 4.78 is 0. The molecule has 1 aromatic heterocycles. The number of ketones is 1. The molecule has 126 valence electrons. The second-order valence-corrected chi connectivity index (χ2v) is 5.85. The summed E-state index contributed by atoms with van der Waals surface area (Å²) in [5.74, 6) is -0.495. The van der Waals surface area contributed by atoms with Gasteiger partial charge in [0, 0.05) is 17.1 Å². The van der Waals surface area contributed by atoms with Crippen LogP contribution in [0.3, 0.4) is 0 Å². The first kappa shape index (κ1) is 16.8. The molecule has 0 bridgehead atoms. The number of hydrogen-bond acceptors (Lipinski definition) is 4. The van der Waals surface area contributed by atoms with Crippen molar-refractivity contribution in [3.05, 3.63) is 78.0 Å². The van der Waals surface area contributed by atoms with Crippen molar-refractivity contribution in [3.63, 3.8) is 0 Å². The third-order valence-electron chi connectivity index (χ3n) is 3.98. The Labute approximate surface area is 145 Å². The number of nitrogens with two attached hydrogens (primary N) is 1. The van der Waals surface area contributed by atoms with Crippen LogP contribution in [0.5, 0.6) is 0 Å². The molecule has 0 aliphatic carbocycles. The van der Waals surface area contributed by atoms with Crippen LogP contribution >= 0.6 is 0 Å². The van der Waals surface area contributed by atoms with Crippen LogP contribution in [0.4, 0.5) is 0 Å². The molecule has 0 aliphatic heterocycles. The molecule has 2 aromatic carbocycles. The predicted molar refractivity (Wildman–Crippen MR) is 97.2 cm³/mol. The van der Waals surface area contributed by atoms with Crippen molar-refractivity contribution in [1.29, 1.82) is 0 Å². The Morgan fingerprint density at radius 2 is 1.84 bits per heavy atom. The van der Waals surface area contributed by atoms with Gasteiger partial charge in [0.1, 0.15) is 0 Å². The Hall–Kier alpha value is -3.05. The van der Waals surface area contributed by atoms with Crippen LogP contribution < -0.4 is 11.1 Å². The summed E-state index contributed by atoms with van der Waals surface area (Å²) >= 11 is 0. The van der Waals surface area contributed by atoms with Crippen LogP contribution in [-0.2, 0) is 11.2 Å². The smallest absolute Gasteiger partial charge is 0.237 e. The largest absolute Gasteiger partial charge is 0.347 e. The standard InChI is InChI=1S/C20H19N3O2/c21-17(11-14-5-2-1-3-6-14)20(25)23-13-19(24)16-8-9-18-15(12-16)7-4-10-22-18/h1-10,12,17H,11,13,21H2,(H,23,25)/t17-/m0/s1. The monoisotopic (exact) mass is 333 g/mol. The Bertz CT molecular complexity index is 894. The fourth-order valence-electron chi connectivity index (χ4n) is 2.61. The van der Waals surface area contributed by atoms with E-state index in [1.165, 1.54) is 0 Å². The number of fused-ring (bicyclic) bond motifs is 1. The van der Waals surface area contributed by atoms with E-state index in [-0.39, 0.29) is 18.2 Å². The molecule has 1 atom stereocenters. The van der Waals surface area contributed by atoms with Gasteiger partial charge in [0.15, 0.2) is 5.78 Å². The van der Waals surface area contributed by atoms with Crippen molar-refractivity contribution in [1.82, 2.24) is 10.3 Å². The molecule has 0 unspecified atom stereocenters. The van der Waals surface area contributed by atoms with Gasteiger partial charge in [-0.1, -0.05) is 36.4 Å². The summed E-state index contributed by atoms with van der Waals surface area (Å²) in [6.07, 6.45) is 2.14. The highest BCUT2D eigenvalue weighted by Gasteiger charge is 2.15. The number of pyridine rings is 1. The number of hydrogen-bond donors (Lipinski definition) is 2. The third kappa shape index (κ3) is 4.28. The van der Waals surface area contributed by atoms with E-state index in [2.05, 4.69) is 10.3 Å². The van der Waals surface area contributed by atoms with Gasteiger partial charge in [0.2, 0.25) is 5.91 Å². The normalized spacial score (nSPS) is 11.9. The van der Waals surface area contributed by atoms with Crippen molar-refractivity contribution in [3.8, 4) is 0 Å². The van der Waals surface area contributed by atoms with Gasteiger partial charge in [-0.2, -0.15) is 0 Å². The predicted octanol–water partition coefficient (Wildman–Crippen LogP) is 2.10. The minimum atomic E-state index is -0.684. The van der Waals surface area contributed by atoms with Gasteiger partial charge in [0.25, 0.3) is 0 Å². The fourth-order valence-corrected chi connectivity index (χ4v) is 2.61. The molecule has 5 nitrogen and oxygen atoms in total. The molecular formula is C20H19N3O2. The lowest BCUT2D eigenvalue weighted by Crippen LogP contribution is -2.43. The van der Waals surface area contributed by atoms with Crippen molar-refractivity contribution in [2.45, 2.75) is 12.5 Å². The van der Waals surface area contributed by atoms with Gasteiger partial charge < -0.3 is 11.1 Å². The van der Waals surface area contributed by atoms with Gasteiger partial charge in [0.05, 0.1) is 18.1 Å². The Kier molecular flexibility index (Phi) is 5.16. The molecule has 0 spiro atoms. The lowest BCUT2D eigenvalue weighted by atomic mass is 10.1. The van der Waals surface area contributed by atoms with Crippen LogP contribution in [0.25, 0.3) is 10.9 Å². The van der Waals surface area contributed by atoms with Crippen molar-refractivity contribution in [2.75, 3.05) is 6.54 Å². The van der Waals surface area contributed by atoms with E-state index in [1.807, 2.05) is 42.5 Å². The first-order chi connectivity index (χ1) is 12.1. The minimum absolute atomic E-state index is 0.0763. The maximum Gasteiger partial charge on any atom is 0.237 e. The Morgan fingerprint density at radius 3 is 2.64 bits per heavy atom. The van der Waals surface area contributed by atoms with E-state index in [4.69, 9.17) is 5.73 Å². The number of benzene rings is 2. The maximum absolute atomic E-state index is 12.3. The lowest BCUT2D eigenvalue weighted by molar-refractivity contribution is -0.122. The Balaban J connectivity index is 1.58. The quantitative estimate of drug-likeness (QED) is 0.677. The topological polar surface area (TPSA) is 85.1 Å². The number of carbonyl (C=O) groups is 2. The van der Waals surface area contributed by atoms with Gasteiger partial charge in [-0.05, 0) is 36.2 Å². The summed E-state index contributed by atoms with van der Waals surface area (Å²) in [7, 11) is 0. The molecule has 0 aliphatic rings. The average Bonchev–Trinajstić information content (AvgIpc) is 2.66. The second-order valence-electron chi connectivity index (χ2n) is 5.85. The molecule has 3 N–H and O–H groups in total. The first-order valence-electron chi connectivity index (χ1n) is 8.09. The second kappa shape index (κ2) is 7.68. The highest BCUT2D eigenvalue weighted by atomic mass is 16.2. The van der Waals surface area contributed by atoms with Crippen molar-refractivity contribution >= 4 is 22.6 Å². The summed E-state index contributed by atoms with van der Waals surface area (Å²) in [6, 6.07) is 17.9. The zero-order valence-corrected chi connectivity index (χ0v) is 13.7. The summed E-state index contributed by atoms with van der Waals surface area (Å²) in [4.78, 5) is 28.6. The number of rotatable bonds is 6. The van der Waals surface area contributed by atoms with Crippen LogP contribution in [0, 0.1) is 0 Å². The zero-order valence-electron chi connectivity index (χ0n) is 13.7. The summed E-state index contributed by atoms with van der Waals surface area (Å²) in [5, 5.41) is 3.51. The molecular weight excluding hydrogens is 314 g/mol. The van der Waals surface area contributed by atoms with E-state index in [0.29, 0.717) is 12.0 Å². The molecule has 1 amide bonds. The summed E-state index contributed by atoms with van der Waals surface area (Å²) in [5.41, 5.74) is 8.27. The van der Waals surface area contributed by atoms with E-state index in [0.717, 1.165) is 16.5 Å². The van der Waals surface area contributed by atoms with Crippen molar-refractivity contribution in [2.24, 2.45) is 5.73 Å². The van der Waals surface area contributed by atoms with Crippen LogP contribution in [-0.4, -0.2) is 29.3 Å². The van der Waals surface area contributed by atoms with Crippen LogP contribution in [0.2, 0.25) is 0 Å². The summed E-state index contributed by atoms with van der Waals surface area (Å²) in [6.45, 7) is -0.0763. The first-order valence-corrected chi connectivity index (χ1v) is 8.09. The number of amides is 1. The molecule has 1 heterocycles. The number of nitrogens with zero attached hydrogens (tertiary/aromatic N) is 1. The number of carbonyl (C=O) groups excluding carboxylic acids is 2. The van der Waals surface area contributed by atoms with E-state index in [9.17, 15) is 9.59 Å². The van der Waals surface area contributed by atoms with E-state index < -0.39 is 6.04 Å². The molecule has 5 heteroatoms. The van der Waals surface area contributed by atoms with Gasteiger partial charge in [-0.3, -0.25) is 14.6 Å². The SMILES string of the molecule is N[C@@H](Cc1ccccc1)C(=O)NCC(=O)c1ccc2ncccc2c1. The van der Waals surface area contributed by atoms with Gasteiger partial charge in [-0.15, -0.1) is 0 Å². The van der Waals surface area contributed by atoms with Crippen LogP contribution in [0.1, 0.15) is 15.9 Å². The number of aromatic nitrogens is 1. The van der Waals surface area contributed by atoms with E-state index >= 15 is 0 Å². The lowest BCUT2D eigenvalue weighted by Gasteiger charge is -2.12. The minimum Gasteiger partial charge on any atom is -0.347 e. The number of Topliss-reactive ketones (excluding diaryl/α,β-unsaturated/α-hetero) is 1. The molecule has 0 saturated heterocycles. The highest BCUT2D eigenvalue weighted by Crippen LogP contribution is 2.13. The maximum atomic E-state index is 12.3. The van der Waals surface area contributed by atoms with Gasteiger partial charge >= 0.3 is 0 Å². The molecule has 0 radical (unpaired) electrons. The fraction of sp³-hybridized carbons (Fsp3) is 0.150.